The Morgan fingerprint density at radius 3 is 2.43 bits per heavy atom. The van der Waals surface area contributed by atoms with Gasteiger partial charge in [-0.2, -0.15) is 0 Å². The average molecular weight is 402 g/mol. The van der Waals surface area contributed by atoms with Crippen molar-refractivity contribution in [2.45, 2.75) is 11.8 Å². The smallest absolute Gasteiger partial charge is 0.322 e. The summed E-state index contributed by atoms with van der Waals surface area (Å²) in [4.78, 5) is 22.8. The first-order chi connectivity index (χ1) is 13.1. The molecule has 0 spiro atoms. The molecule has 2 aromatic carbocycles. The molecule has 3 aromatic rings. The highest BCUT2D eigenvalue weighted by Crippen LogP contribution is 2.23. The lowest BCUT2D eigenvalue weighted by Crippen LogP contribution is -2.12. The first-order valence-corrected chi connectivity index (χ1v) is 9.74. The fourth-order valence-electron chi connectivity index (χ4n) is 2.35. The Hall–Kier alpha value is -3.60. The lowest BCUT2D eigenvalue weighted by atomic mass is 10.1. The Kier molecular flexibility index (Phi) is 4.92. The van der Waals surface area contributed by atoms with E-state index in [1.54, 1.807) is 6.92 Å². The van der Waals surface area contributed by atoms with Gasteiger partial charge in [0, 0.05) is 29.0 Å². The number of nitrogens with one attached hydrogen (secondary N) is 1. The van der Waals surface area contributed by atoms with E-state index in [9.17, 15) is 23.3 Å². The summed E-state index contributed by atoms with van der Waals surface area (Å²) in [5.74, 6) is -0.573. The largest absolute Gasteiger partial charge is 0.403 e. The van der Waals surface area contributed by atoms with Crippen molar-refractivity contribution in [3.63, 3.8) is 0 Å². The Bertz CT molecular complexity index is 1170. The van der Waals surface area contributed by atoms with Crippen LogP contribution in [0.2, 0.25) is 0 Å². The van der Waals surface area contributed by atoms with Crippen LogP contribution in [0.5, 0.6) is 0 Å². The van der Waals surface area contributed by atoms with Gasteiger partial charge in [-0.15, -0.1) is 5.10 Å². The number of aromatic nitrogens is 2. The maximum absolute atomic E-state index is 12.3. The maximum Gasteiger partial charge on any atom is 0.322 e. The minimum atomic E-state index is -3.33. The zero-order chi connectivity index (χ0) is 20.5. The summed E-state index contributed by atoms with van der Waals surface area (Å²) in [5.41, 5.74) is 0.782. The Morgan fingerprint density at radius 2 is 1.82 bits per heavy atom. The monoisotopic (exact) mass is 402 g/mol. The second-order valence-electron chi connectivity index (χ2n) is 5.92. The molecule has 0 radical (unpaired) electrons. The third-order valence-electron chi connectivity index (χ3n) is 3.84. The van der Waals surface area contributed by atoms with Crippen molar-refractivity contribution in [3.8, 4) is 11.5 Å². The van der Waals surface area contributed by atoms with Crippen LogP contribution < -0.4 is 5.32 Å². The third kappa shape index (κ3) is 4.04. The van der Waals surface area contributed by atoms with Crippen LogP contribution in [-0.4, -0.2) is 35.7 Å². The molecule has 144 valence electrons. The van der Waals surface area contributed by atoms with Crippen molar-refractivity contribution in [1.82, 2.24) is 10.2 Å². The van der Waals surface area contributed by atoms with E-state index in [-0.39, 0.29) is 28.1 Å². The Morgan fingerprint density at radius 1 is 1.14 bits per heavy atom. The third-order valence-corrected chi connectivity index (χ3v) is 4.97. The highest BCUT2D eigenvalue weighted by molar-refractivity contribution is 7.90. The number of hydrogen-bond acceptors (Lipinski definition) is 8. The standard InChI is InChI=1S/C17H14N4O6S/c1-10-3-4-12(9-14(10)21(23)24)15(22)18-17-20-19-16(27-17)11-5-7-13(8-6-11)28(2,25)26/h3-9H,1-2H3,(H,18,20,22). The molecule has 0 atom stereocenters. The summed E-state index contributed by atoms with van der Waals surface area (Å²) in [6, 6.07) is 9.67. The molecule has 10 nitrogen and oxygen atoms in total. The molecule has 1 aromatic heterocycles. The number of rotatable bonds is 5. The predicted octanol–water partition coefficient (Wildman–Crippen LogP) is 2.61. The molecule has 1 heterocycles. The van der Waals surface area contributed by atoms with Crippen LogP contribution in [0.15, 0.2) is 51.8 Å². The summed E-state index contributed by atoms with van der Waals surface area (Å²) in [7, 11) is -3.33. The minimum Gasteiger partial charge on any atom is -0.403 e. The maximum atomic E-state index is 12.3. The number of sulfone groups is 1. The molecule has 3 rings (SSSR count). The molecule has 0 saturated heterocycles. The number of carbonyl (C=O) groups is 1. The Balaban J connectivity index is 1.78. The van der Waals surface area contributed by atoms with E-state index in [0.29, 0.717) is 11.1 Å². The van der Waals surface area contributed by atoms with Crippen molar-refractivity contribution >= 4 is 27.4 Å². The van der Waals surface area contributed by atoms with Gasteiger partial charge in [0.1, 0.15) is 0 Å². The van der Waals surface area contributed by atoms with Crippen LogP contribution in [0, 0.1) is 17.0 Å². The van der Waals surface area contributed by atoms with Crippen LogP contribution in [0.3, 0.4) is 0 Å². The van der Waals surface area contributed by atoms with Crippen LogP contribution in [-0.2, 0) is 9.84 Å². The SMILES string of the molecule is Cc1ccc(C(=O)Nc2nnc(-c3ccc(S(C)(=O)=O)cc3)o2)cc1[N+](=O)[O-]. The minimum absolute atomic E-state index is 0.0644. The number of aryl methyl sites for hydroxylation is 1. The second kappa shape index (κ2) is 7.19. The number of nitro benzene ring substituents is 1. The lowest BCUT2D eigenvalue weighted by molar-refractivity contribution is -0.385. The van der Waals surface area contributed by atoms with Gasteiger partial charge < -0.3 is 4.42 Å². The summed E-state index contributed by atoms with van der Waals surface area (Å²) in [6.07, 6.45) is 1.09. The van der Waals surface area contributed by atoms with Crippen LogP contribution in [0.1, 0.15) is 15.9 Å². The molecule has 11 heteroatoms. The molecule has 1 N–H and O–H groups in total. The average Bonchev–Trinajstić information content (AvgIpc) is 3.09. The molecule has 28 heavy (non-hydrogen) atoms. The highest BCUT2D eigenvalue weighted by atomic mass is 32.2. The number of anilines is 1. The second-order valence-corrected chi connectivity index (χ2v) is 7.94. The van der Waals surface area contributed by atoms with Gasteiger partial charge in [-0.05, 0) is 37.3 Å². The molecule has 0 aliphatic heterocycles. The topological polar surface area (TPSA) is 145 Å². The van der Waals surface area contributed by atoms with Gasteiger partial charge in [0.15, 0.2) is 9.84 Å². The van der Waals surface area contributed by atoms with Crippen LogP contribution in [0.4, 0.5) is 11.7 Å². The van der Waals surface area contributed by atoms with Crippen LogP contribution in [0.25, 0.3) is 11.5 Å². The first kappa shape index (κ1) is 19.2. The van der Waals surface area contributed by atoms with Crippen molar-refractivity contribution in [3.05, 3.63) is 63.7 Å². The van der Waals surface area contributed by atoms with E-state index in [0.717, 1.165) is 12.3 Å². The van der Waals surface area contributed by atoms with Crippen molar-refractivity contribution in [2.24, 2.45) is 0 Å². The molecular weight excluding hydrogens is 388 g/mol. The van der Waals surface area contributed by atoms with Crippen molar-refractivity contribution in [1.29, 1.82) is 0 Å². The van der Waals surface area contributed by atoms with E-state index in [1.807, 2.05) is 0 Å². The normalized spacial score (nSPS) is 11.2. The highest BCUT2D eigenvalue weighted by Gasteiger charge is 2.17. The van der Waals surface area contributed by atoms with Crippen molar-refractivity contribution < 1.29 is 22.6 Å². The van der Waals surface area contributed by atoms with Gasteiger partial charge in [0.25, 0.3) is 11.6 Å². The molecule has 0 bridgehead atoms. The van der Waals surface area contributed by atoms with E-state index in [1.165, 1.54) is 36.4 Å². The zero-order valence-electron chi connectivity index (χ0n) is 14.7. The molecule has 0 aliphatic rings. The fraction of sp³-hybridized carbons (Fsp3) is 0.118. The van der Waals surface area contributed by atoms with E-state index in [2.05, 4.69) is 15.5 Å². The molecule has 0 fully saturated rings. The number of hydrogen-bond donors (Lipinski definition) is 1. The van der Waals surface area contributed by atoms with E-state index in [4.69, 9.17) is 4.42 Å². The quantitative estimate of drug-likeness (QED) is 0.506. The van der Waals surface area contributed by atoms with Gasteiger partial charge in [-0.3, -0.25) is 20.2 Å². The molecule has 0 unspecified atom stereocenters. The molecular formula is C17H14N4O6S. The molecule has 1 amide bonds. The first-order valence-electron chi connectivity index (χ1n) is 7.85. The Labute approximate surface area is 159 Å². The number of amides is 1. The van der Waals surface area contributed by atoms with E-state index < -0.39 is 20.7 Å². The van der Waals surface area contributed by atoms with Crippen LogP contribution >= 0.6 is 0 Å². The summed E-state index contributed by atoms with van der Waals surface area (Å²) in [5, 5.41) is 20.9. The number of carbonyl (C=O) groups excluding carboxylic acids is 1. The predicted molar refractivity (Wildman–Crippen MR) is 98.6 cm³/mol. The summed E-state index contributed by atoms with van der Waals surface area (Å²) >= 11 is 0. The lowest BCUT2D eigenvalue weighted by Gasteiger charge is -2.02. The summed E-state index contributed by atoms with van der Waals surface area (Å²) in [6.45, 7) is 1.57. The van der Waals surface area contributed by atoms with Gasteiger partial charge in [-0.1, -0.05) is 11.2 Å². The van der Waals surface area contributed by atoms with Gasteiger partial charge >= 0.3 is 6.01 Å². The molecule has 0 aliphatic carbocycles. The van der Waals surface area contributed by atoms with Gasteiger partial charge in [-0.25, -0.2) is 8.42 Å². The fourth-order valence-corrected chi connectivity index (χ4v) is 2.98. The number of benzene rings is 2. The van der Waals surface area contributed by atoms with Crippen molar-refractivity contribution in [2.75, 3.05) is 11.6 Å². The number of nitrogens with zero attached hydrogens (tertiary/aromatic N) is 3. The number of nitro groups is 1. The zero-order valence-corrected chi connectivity index (χ0v) is 15.6. The molecule has 0 saturated carbocycles. The van der Waals surface area contributed by atoms with E-state index >= 15 is 0 Å². The van der Waals surface area contributed by atoms with Gasteiger partial charge in [0.2, 0.25) is 5.89 Å². The van der Waals surface area contributed by atoms with Gasteiger partial charge in [0.05, 0.1) is 9.82 Å². The summed E-state index contributed by atoms with van der Waals surface area (Å²) < 4.78 is 28.3.